The number of hydrogen-bond acceptors (Lipinski definition) is 9. The third-order valence-electron chi connectivity index (χ3n) is 14.3. The minimum Gasteiger partial charge on any atom is -0.408 e. The Morgan fingerprint density at radius 2 is 1.38 bits per heavy atom. The van der Waals surface area contributed by atoms with Crippen LogP contribution in [0.1, 0.15) is 93.4 Å². The second-order valence-electron chi connectivity index (χ2n) is 17.8. The Morgan fingerprint density at radius 1 is 0.800 bits per heavy atom. The Labute approximate surface area is 301 Å². The van der Waals surface area contributed by atoms with Crippen LogP contribution in [0.3, 0.4) is 0 Å². The van der Waals surface area contributed by atoms with Gasteiger partial charge >= 0.3 is 7.12 Å². The van der Waals surface area contributed by atoms with Crippen molar-refractivity contribution < 1.29 is 37.8 Å². The summed E-state index contributed by atoms with van der Waals surface area (Å²) in [5, 5.41) is 9.72. The van der Waals surface area contributed by atoms with Gasteiger partial charge < -0.3 is 28.3 Å². The van der Waals surface area contributed by atoms with Gasteiger partial charge in [-0.1, -0.05) is 60.1 Å². The van der Waals surface area contributed by atoms with E-state index in [1.165, 1.54) is 0 Å². The first-order valence-corrected chi connectivity index (χ1v) is 18.9. The standard InChI is InChI=1S/C40H62BNO8/c1-35(2)12-14-40(41(49-22-20-47-18-16-45-8)50-23-21-48-19-17-46-9)15-13-39(7)33(29(40)26-35)30(43)24-32-37(5)25-28(27-42)34(44)36(3,4)31(37)10-11-38(32,39)6/h24-25,29,31,33H,10-23,26H2,1-9H3/t29-,31-,33-,37-,38+,39+,40-/m0/s1. The lowest BCUT2D eigenvalue weighted by Gasteiger charge is -2.69. The van der Waals surface area contributed by atoms with E-state index in [0.717, 1.165) is 50.5 Å². The molecule has 10 heteroatoms. The molecule has 9 nitrogen and oxygen atoms in total. The Balaban J connectivity index is 1.53. The number of ether oxygens (including phenoxy) is 4. The SMILES string of the molecule is COCCOCCOB(OCCOCCOC)[C@]12CCC(C)(C)C[C@H]1[C@H]1C(=O)C=C3[C@@]4(C)C=C(C#N)C(=O)C(C)(C)[C@@H]4CC[C@@]3(C)[C@]1(C)CC2. The maximum Gasteiger partial charge on any atom is 0.464 e. The van der Waals surface area contributed by atoms with Crippen LogP contribution in [0.15, 0.2) is 23.3 Å². The summed E-state index contributed by atoms with van der Waals surface area (Å²) in [6, 6.07) is 2.22. The average Bonchev–Trinajstić information content (AvgIpc) is 3.06. The molecule has 0 spiro atoms. The molecule has 0 heterocycles. The maximum absolute atomic E-state index is 15.0. The lowest BCUT2D eigenvalue weighted by Crippen LogP contribution is -2.65. The van der Waals surface area contributed by atoms with E-state index in [-0.39, 0.29) is 56.5 Å². The summed E-state index contributed by atoms with van der Waals surface area (Å²) in [7, 11) is 2.82. The molecule has 5 aliphatic carbocycles. The van der Waals surface area contributed by atoms with Crippen LogP contribution in [0.2, 0.25) is 5.31 Å². The van der Waals surface area contributed by atoms with Gasteiger partial charge in [0.25, 0.3) is 0 Å². The van der Waals surface area contributed by atoms with Crippen molar-refractivity contribution in [1.29, 1.82) is 5.26 Å². The first kappa shape index (κ1) is 39.3. The zero-order valence-corrected chi connectivity index (χ0v) is 32.3. The van der Waals surface area contributed by atoms with Crippen molar-refractivity contribution in [2.45, 2.75) is 98.7 Å². The van der Waals surface area contributed by atoms with Gasteiger partial charge in [-0.25, -0.2) is 0 Å². The Morgan fingerprint density at radius 3 is 1.96 bits per heavy atom. The Bertz CT molecular complexity index is 1370. The van der Waals surface area contributed by atoms with Crippen molar-refractivity contribution in [1.82, 2.24) is 0 Å². The van der Waals surface area contributed by atoms with Gasteiger partial charge in [0.1, 0.15) is 6.07 Å². The van der Waals surface area contributed by atoms with Crippen molar-refractivity contribution in [3.05, 3.63) is 23.3 Å². The Kier molecular flexibility index (Phi) is 11.7. The first-order chi connectivity index (χ1) is 23.6. The fourth-order valence-electron chi connectivity index (χ4n) is 11.4. The van der Waals surface area contributed by atoms with Gasteiger partial charge in [-0.2, -0.15) is 5.26 Å². The number of ketones is 2. The highest BCUT2D eigenvalue weighted by Crippen LogP contribution is 2.76. The quantitative estimate of drug-likeness (QED) is 0.135. The van der Waals surface area contributed by atoms with Crippen LogP contribution in [0.4, 0.5) is 0 Å². The summed E-state index contributed by atoms with van der Waals surface area (Å²) in [6.45, 7) is 19.3. The minimum absolute atomic E-state index is 0.0200. The summed E-state index contributed by atoms with van der Waals surface area (Å²) in [5.74, 6) is -0.0237. The van der Waals surface area contributed by atoms with E-state index in [1.54, 1.807) is 14.2 Å². The summed E-state index contributed by atoms with van der Waals surface area (Å²) >= 11 is 0. The zero-order valence-electron chi connectivity index (χ0n) is 32.3. The molecule has 50 heavy (non-hydrogen) atoms. The van der Waals surface area contributed by atoms with Gasteiger partial charge in [-0.05, 0) is 79.1 Å². The van der Waals surface area contributed by atoms with Gasteiger partial charge in [-0.15, -0.1) is 0 Å². The lowest BCUT2D eigenvalue weighted by molar-refractivity contribution is -0.156. The van der Waals surface area contributed by atoms with E-state index in [4.69, 9.17) is 28.3 Å². The number of nitrogens with zero attached hydrogens (tertiary/aromatic N) is 1. The van der Waals surface area contributed by atoms with E-state index in [1.807, 2.05) is 26.0 Å². The number of rotatable bonds is 15. The molecule has 7 atom stereocenters. The van der Waals surface area contributed by atoms with Crippen LogP contribution in [0.25, 0.3) is 0 Å². The summed E-state index contributed by atoms with van der Waals surface area (Å²) in [6.07, 6.45) is 10.3. The second-order valence-corrected chi connectivity index (χ2v) is 17.8. The fraction of sp³-hybridized carbons (Fsp3) is 0.825. The molecule has 0 saturated heterocycles. The van der Waals surface area contributed by atoms with Gasteiger partial charge in [0.05, 0.1) is 58.4 Å². The van der Waals surface area contributed by atoms with Crippen LogP contribution >= 0.6 is 0 Å². The second kappa shape index (κ2) is 14.9. The van der Waals surface area contributed by atoms with Crippen LogP contribution in [0, 0.1) is 56.2 Å². The Hall–Kier alpha value is -1.87. The van der Waals surface area contributed by atoms with Crippen molar-refractivity contribution in [2.24, 2.45) is 44.8 Å². The van der Waals surface area contributed by atoms with E-state index in [9.17, 15) is 10.1 Å². The average molecular weight is 696 g/mol. The molecule has 0 bridgehead atoms. The molecule has 0 aromatic rings. The molecule has 0 N–H and O–H groups in total. The van der Waals surface area contributed by atoms with Crippen LogP contribution in [0.5, 0.6) is 0 Å². The van der Waals surface area contributed by atoms with Crippen molar-refractivity contribution >= 4 is 18.7 Å². The van der Waals surface area contributed by atoms with E-state index >= 15 is 4.79 Å². The molecule has 278 valence electrons. The number of carbonyl (C=O) groups excluding carboxylic acids is 2. The van der Waals surface area contributed by atoms with Gasteiger partial charge in [0.2, 0.25) is 0 Å². The van der Waals surface area contributed by atoms with E-state index in [0.29, 0.717) is 52.9 Å². The van der Waals surface area contributed by atoms with Crippen LogP contribution in [-0.2, 0) is 37.8 Å². The summed E-state index contributed by atoms with van der Waals surface area (Å²) in [4.78, 5) is 28.4. The topological polar surface area (TPSA) is 113 Å². The fourth-order valence-corrected chi connectivity index (χ4v) is 11.4. The molecule has 5 aliphatic rings. The molecule has 0 amide bonds. The normalized spacial score (nSPS) is 37.0. The van der Waals surface area contributed by atoms with E-state index < -0.39 is 17.9 Å². The molecular formula is C40H62BNO8. The molecule has 0 unspecified atom stereocenters. The number of fused-ring (bicyclic) bond motifs is 7. The predicted octanol–water partition coefficient (Wildman–Crippen LogP) is 6.81. The third kappa shape index (κ3) is 6.62. The molecular weight excluding hydrogens is 633 g/mol. The van der Waals surface area contributed by atoms with Crippen LogP contribution in [-0.4, -0.2) is 85.8 Å². The first-order valence-electron chi connectivity index (χ1n) is 18.9. The highest BCUT2D eigenvalue weighted by Gasteiger charge is 2.71. The third-order valence-corrected chi connectivity index (χ3v) is 14.3. The van der Waals surface area contributed by atoms with Gasteiger partial charge in [0, 0.05) is 36.3 Å². The predicted molar refractivity (Wildman–Crippen MR) is 192 cm³/mol. The molecule has 3 saturated carbocycles. The summed E-state index contributed by atoms with van der Waals surface area (Å²) in [5.41, 5.74) is -0.422. The lowest BCUT2D eigenvalue weighted by atomic mass is 9.30. The van der Waals surface area contributed by atoms with Crippen molar-refractivity contribution in [3.8, 4) is 6.07 Å². The number of methoxy groups -OCH3 is 2. The van der Waals surface area contributed by atoms with Crippen molar-refractivity contribution in [3.63, 3.8) is 0 Å². The van der Waals surface area contributed by atoms with E-state index in [2.05, 4.69) is 40.7 Å². The minimum atomic E-state index is -0.685. The smallest absolute Gasteiger partial charge is 0.408 e. The number of carbonyl (C=O) groups is 2. The van der Waals surface area contributed by atoms with Crippen molar-refractivity contribution in [2.75, 3.05) is 67.1 Å². The zero-order chi connectivity index (χ0) is 36.6. The van der Waals surface area contributed by atoms with Gasteiger partial charge in [-0.3, -0.25) is 9.59 Å². The highest BCUT2D eigenvalue weighted by molar-refractivity contribution is 6.49. The molecule has 3 fully saturated rings. The number of nitriles is 1. The number of allylic oxidation sites excluding steroid dienone is 4. The molecule has 0 aliphatic heterocycles. The van der Waals surface area contributed by atoms with Crippen LogP contribution < -0.4 is 0 Å². The number of Topliss-reactive ketones (excluding diaryl/α,β-unsaturated/α-hetero) is 1. The highest BCUT2D eigenvalue weighted by atomic mass is 16.6. The molecule has 5 rings (SSSR count). The molecule has 0 radical (unpaired) electrons. The largest absolute Gasteiger partial charge is 0.464 e. The summed E-state index contributed by atoms with van der Waals surface area (Å²) < 4.78 is 35.2. The monoisotopic (exact) mass is 695 g/mol. The maximum atomic E-state index is 15.0. The number of hydrogen-bond donors (Lipinski definition) is 0. The molecule has 0 aromatic heterocycles. The van der Waals surface area contributed by atoms with Gasteiger partial charge in [0.15, 0.2) is 11.6 Å². The molecule has 0 aromatic carbocycles.